The molecule has 2 rings (SSSR count). The first-order valence-corrected chi connectivity index (χ1v) is 8.34. The van der Waals surface area contributed by atoms with Gasteiger partial charge >= 0.3 is 0 Å². The minimum atomic E-state index is 0.428. The zero-order valence-electron chi connectivity index (χ0n) is 12.2. The van der Waals surface area contributed by atoms with Crippen molar-refractivity contribution in [3.63, 3.8) is 0 Å². The van der Waals surface area contributed by atoms with Crippen molar-refractivity contribution in [3.05, 3.63) is 0 Å². The van der Waals surface area contributed by atoms with Gasteiger partial charge in [0.1, 0.15) is 0 Å². The van der Waals surface area contributed by atoms with E-state index in [1.54, 1.807) is 0 Å². The van der Waals surface area contributed by atoms with Gasteiger partial charge in [-0.2, -0.15) is 0 Å². The van der Waals surface area contributed by atoms with Crippen LogP contribution in [-0.4, -0.2) is 29.6 Å². The van der Waals surface area contributed by atoms with Crippen molar-refractivity contribution in [2.24, 2.45) is 5.73 Å². The molecule has 0 bridgehead atoms. The van der Waals surface area contributed by atoms with Gasteiger partial charge in [-0.25, -0.2) is 0 Å². The molecular weight excluding hydrogens is 220 g/mol. The SMILES string of the molecule is CCC1CCCCCN1C1CCCCCCC1N. The molecule has 1 aliphatic heterocycles. The van der Waals surface area contributed by atoms with E-state index < -0.39 is 0 Å². The van der Waals surface area contributed by atoms with Crippen LogP contribution in [0.3, 0.4) is 0 Å². The van der Waals surface area contributed by atoms with E-state index in [-0.39, 0.29) is 0 Å². The Hall–Kier alpha value is -0.0800. The molecule has 0 aromatic heterocycles. The predicted molar refractivity (Wildman–Crippen MR) is 78.7 cm³/mol. The molecule has 2 fully saturated rings. The van der Waals surface area contributed by atoms with Gasteiger partial charge in [-0.3, -0.25) is 4.90 Å². The summed E-state index contributed by atoms with van der Waals surface area (Å²) in [6.45, 7) is 3.66. The monoisotopic (exact) mass is 252 g/mol. The minimum Gasteiger partial charge on any atom is -0.326 e. The third-order valence-corrected chi connectivity index (χ3v) is 5.10. The van der Waals surface area contributed by atoms with Crippen molar-refractivity contribution in [3.8, 4) is 0 Å². The molecule has 2 heteroatoms. The summed E-state index contributed by atoms with van der Waals surface area (Å²) in [5.74, 6) is 0. The van der Waals surface area contributed by atoms with Gasteiger partial charge in [0, 0.05) is 18.1 Å². The van der Waals surface area contributed by atoms with Gasteiger partial charge in [0.15, 0.2) is 0 Å². The van der Waals surface area contributed by atoms with Gasteiger partial charge in [-0.1, -0.05) is 45.4 Å². The van der Waals surface area contributed by atoms with Crippen LogP contribution < -0.4 is 5.73 Å². The highest BCUT2D eigenvalue weighted by atomic mass is 15.2. The first kappa shape index (κ1) is 14.3. The average Bonchev–Trinajstić information content (AvgIpc) is 2.59. The summed E-state index contributed by atoms with van der Waals surface area (Å²) in [5.41, 5.74) is 6.51. The van der Waals surface area contributed by atoms with Crippen LogP contribution in [0.1, 0.15) is 77.6 Å². The molecule has 0 aromatic carbocycles. The van der Waals surface area contributed by atoms with Crippen LogP contribution in [0.25, 0.3) is 0 Å². The average molecular weight is 252 g/mol. The summed E-state index contributed by atoms with van der Waals surface area (Å²) >= 11 is 0. The van der Waals surface area contributed by atoms with Crippen LogP contribution in [0.2, 0.25) is 0 Å². The summed E-state index contributed by atoms with van der Waals surface area (Å²) < 4.78 is 0. The number of nitrogens with two attached hydrogens (primary N) is 1. The van der Waals surface area contributed by atoms with Crippen molar-refractivity contribution in [2.75, 3.05) is 6.54 Å². The van der Waals surface area contributed by atoms with Crippen molar-refractivity contribution in [2.45, 2.75) is 95.7 Å². The third kappa shape index (κ3) is 3.71. The molecule has 1 saturated carbocycles. The largest absolute Gasteiger partial charge is 0.326 e. The maximum Gasteiger partial charge on any atom is 0.0250 e. The highest BCUT2D eigenvalue weighted by Gasteiger charge is 2.30. The van der Waals surface area contributed by atoms with Crippen molar-refractivity contribution >= 4 is 0 Å². The number of hydrogen-bond donors (Lipinski definition) is 1. The maximum atomic E-state index is 6.51. The normalized spacial score (nSPS) is 36.7. The van der Waals surface area contributed by atoms with Crippen LogP contribution in [0.5, 0.6) is 0 Å². The lowest BCUT2D eigenvalue weighted by atomic mass is 9.90. The first-order chi connectivity index (χ1) is 8.83. The molecule has 2 nitrogen and oxygen atoms in total. The lowest BCUT2D eigenvalue weighted by Crippen LogP contribution is -2.52. The Morgan fingerprint density at radius 1 is 0.889 bits per heavy atom. The molecule has 0 aromatic rings. The second kappa shape index (κ2) is 7.49. The van der Waals surface area contributed by atoms with Gasteiger partial charge in [-0.15, -0.1) is 0 Å². The molecule has 18 heavy (non-hydrogen) atoms. The van der Waals surface area contributed by atoms with E-state index in [0.29, 0.717) is 12.1 Å². The summed E-state index contributed by atoms with van der Waals surface area (Å²) in [7, 11) is 0. The summed E-state index contributed by atoms with van der Waals surface area (Å²) in [5, 5.41) is 0. The molecule has 3 atom stereocenters. The second-order valence-electron chi connectivity index (χ2n) is 6.37. The van der Waals surface area contributed by atoms with Crippen LogP contribution in [0, 0.1) is 0 Å². The standard InChI is InChI=1S/C16H32N2/c1-2-14-10-6-5-9-13-18(14)16-12-8-4-3-7-11-15(16)17/h14-16H,2-13,17H2,1H3. The van der Waals surface area contributed by atoms with E-state index in [0.717, 1.165) is 6.04 Å². The van der Waals surface area contributed by atoms with E-state index >= 15 is 0 Å². The fraction of sp³-hybridized carbons (Fsp3) is 1.00. The molecular formula is C16H32N2. The Kier molecular flexibility index (Phi) is 5.97. The van der Waals surface area contributed by atoms with Crippen molar-refractivity contribution < 1.29 is 0 Å². The minimum absolute atomic E-state index is 0.428. The fourth-order valence-electron chi connectivity index (χ4n) is 3.98. The number of hydrogen-bond acceptors (Lipinski definition) is 2. The number of likely N-dealkylation sites (tertiary alicyclic amines) is 1. The summed E-state index contributed by atoms with van der Waals surface area (Å²) in [4.78, 5) is 2.81. The van der Waals surface area contributed by atoms with E-state index in [4.69, 9.17) is 5.73 Å². The van der Waals surface area contributed by atoms with Gasteiger partial charge in [0.2, 0.25) is 0 Å². The van der Waals surface area contributed by atoms with Gasteiger partial charge in [-0.05, 0) is 38.6 Å². The Morgan fingerprint density at radius 3 is 2.33 bits per heavy atom. The lowest BCUT2D eigenvalue weighted by Gasteiger charge is -2.40. The number of rotatable bonds is 2. The molecule has 0 spiro atoms. The van der Waals surface area contributed by atoms with Gasteiger partial charge in [0.05, 0.1) is 0 Å². The smallest absolute Gasteiger partial charge is 0.0250 e. The Morgan fingerprint density at radius 2 is 1.56 bits per heavy atom. The molecule has 3 unspecified atom stereocenters. The highest BCUT2D eigenvalue weighted by Crippen LogP contribution is 2.27. The van der Waals surface area contributed by atoms with E-state index in [1.807, 2.05) is 0 Å². The number of nitrogens with zero attached hydrogens (tertiary/aromatic N) is 1. The quantitative estimate of drug-likeness (QED) is 0.812. The molecule has 1 saturated heterocycles. The van der Waals surface area contributed by atoms with Crippen molar-refractivity contribution in [1.82, 2.24) is 4.90 Å². The zero-order valence-corrected chi connectivity index (χ0v) is 12.2. The lowest BCUT2D eigenvalue weighted by molar-refractivity contribution is 0.0978. The second-order valence-corrected chi connectivity index (χ2v) is 6.37. The van der Waals surface area contributed by atoms with Crippen LogP contribution in [0.15, 0.2) is 0 Å². The molecule has 106 valence electrons. The van der Waals surface area contributed by atoms with Gasteiger partial charge in [0.25, 0.3) is 0 Å². The molecule has 1 heterocycles. The molecule has 2 aliphatic rings. The maximum absolute atomic E-state index is 6.51. The van der Waals surface area contributed by atoms with Gasteiger partial charge < -0.3 is 5.73 Å². The Bertz CT molecular complexity index is 229. The van der Waals surface area contributed by atoms with E-state index in [1.165, 1.54) is 77.2 Å². The molecule has 0 amide bonds. The zero-order chi connectivity index (χ0) is 12.8. The Labute approximate surface area is 113 Å². The van der Waals surface area contributed by atoms with Crippen molar-refractivity contribution in [1.29, 1.82) is 0 Å². The third-order valence-electron chi connectivity index (χ3n) is 5.10. The fourth-order valence-corrected chi connectivity index (χ4v) is 3.98. The first-order valence-electron chi connectivity index (χ1n) is 8.34. The molecule has 1 aliphatic carbocycles. The molecule has 2 N–H and O–H groups in total. The van der Waals surface area contributed by atoms with E-state index in [9.17, 15) is 0 Å². The summed E-state index contributed by atoms with van der Waals surface area (Å²) in [6, 6.07) is 1.91. The highest BCUT2D eigenvalue weighted by molar-refractivity contribution is 4.88. The van der Waals surface area contributed by atoms with Crippen LogP contribution >= 0.6 is 0 Å². The van der Waals surface area contributed by atoms with Crippen LogP contribution in [0.4, 0.5) is 0 Å². The summed E-state index contributed by atoms with van der Waals surface area (Å²) in [6.07, 6.45) is 15.1. The predicted octanol–water partition coefficient (Wildman–Crippen LogP) is 3.69. The Balaban J connectivity index is 2.03. The van der Waals surface area contributed by atoms with Crippen LogP contribution in [-0.2, 0) is 0 Å². The molecule has 0 radical (unpaired) electrons. The van der Waals surface area contributed by atoms with E-state index in [2.05, 4.69) is 11.8 Å². The topological polar surface area (TPSA) is 29.3 Å².